The lowest BCUT2D eigenvalue weighted by Gasteiger charge is -2.33. The Bertz CT molecular complexity index is 1270. The van der Waals surface area contributed by atoms with Crippen molar-refractivity contribution in [2.75, 3.05) is 38.2 Å². The molecule has 3 aliphatic heterocycles. The quantitative estimate of drug-likeness (QED) is 0.566. The molecule has 0 amide bonds. The Morgan fingerprint density at radius 3 is 2.88 bits per heavy atom. The molecule has 10 heteroatoms. The van der Waals surface area contributed by atoms with E-state index >= 15 is 0 Å². The summed E-state index contributed by atoms with van der Waals surface area (Å²) in [4.78, 5) is 19.9. The summed E-state index contributed by atoms with van der Waals surface area (Å²) in [6.07, 6.45) is 10.1. The van der Waals surface area contributed by atoms with Gasteiger partial charge in [-0.2, -0.15) is 0 Å². The second-order valence-corrected chi connectivity index (χ2v) is 8.92. The van der Waals surface area contributed by atoms with Gasteiger partial charge in [0.15, 0.2) is 17.0 Å². The maximum absolute atomic E-state index is 13.0. The van der Waals surface area contributed by atoms with E-state index in [0.717, 1.165) is 72.9 Å². The number of hydrogen-bond acceptors (Lipinski definition) is 9. The summed E-state index contributed by atoms with van der Waals surface area (Å²) in [5.41, 5.74) is 3.18. The molecular formula is C24H28N6O4. The van der Waals surface area contributed by atoms with Crippen molar-refractivity contribution in [3.05, 3.63) is 52.5 Å². The van der Waals surface area contributed by atoms with Crippen LogP contribution in [0.2, 0.25) is 0 Å². The fourth-order valence-corrected chi connectivity index (χ4v) is 4.97. The number of allylic oxidation sites excluding steroid dienone is 1. The molecule has 2 N–H and O–H groups in total. The molecular weight excluding hydrogens is 436 g/mol. The zero-order valence-corrected chi connectivity index (χ0v) is 19.0. The standard InChI is InChI=1S/C24H28N6O4/c31-24-23-18(15-34-28-23)22-19(2-1-5-25-22)30(24)9-8-29-6-3-16(4-7-29)26-13-17-12-20-21(14-27-17)33-11-10-32-20/h1,5,12,14-16,25-26H,2-4,6-11,13H2. The maximum atomic E-state index is 13.0. The van der Waals surface area contributed by atoms with Crippen LogP contribution in [-0.4, -0.2) is 58.5 Å². The monoisotopic (exact) mass is 464 g/mol. The molecule has 0 saturated carbocycles. The van der Waals surface area contributed by atoms with E-state index in [2.05, 4.69) is 25.7 Å². The molecule has 6 heterocycles. The summed E-state index contributed by atoms with van der Waals surface area (Å²) < 4.78 is 18.1. The normalized spacial score (nSPS) is 18.1. The number of likely N-dealkylation sites (tertiary alicyclic amines) is 1. The number of aromatic nitrogens is 3. The molecule has 0 aromatic carbocycles. The number of rotatable bonds is 6. The highest BCUT2D eigenvalue weighted by molar-refractivity contribution is 5.92. The fourth-order valence-electron chi connectivity index (χ4n) is 4.97. The van der Waals surface area contributed by atoms with Crippen LogP contribution in [0.5, 0.6) is 11.5 Å². The summed E-state index contributed by atoms with van der Waals surface area (Å²) >= 11 is 0. The van der Waals surface area contributed by atoms with Crippen molar-refractivity contribution in [1.29, 1.82) is 0 Å². The largest absolute Gasteiger partial charge is 0.486 e. The van der Waals surface area contributed by atoms with Gasteiger partial charge < -0.3 is 34.1 Å². The number of nitrogens with one attached hydrogen (secondary N) is 2. The number of pyridine rings is 2. The van der Waals surface area contributed by atoms with Crippen LogP contribution >= 0.6 is 0 Å². The Morgan fingerprint density at radius 2 is 2.00 bits per heavy atom. The van der Waals surface area contributed by atoms with Gasteiger partial charge in [-0.25, -0.2) is 0 Å². The summed E-state index contributed by atoms with van der Waals surface area (Å²) in [5, 5.41) is 11.6. The third-order valence-electron chi connectivity index (χ3n) is 6.84. The average Bonchev–Trinajstić information content (AvgIpc) is 3.39. The highest BCUT2D eigenvalue weighted by Crippen LogP contribution is 2.30. The smallest absolute Gasteiger partial charge is 0.281 e. The Morgan fingerprint density at radius 1 is 1.15 bits per heavy atom. The van der Waals surface area contributed by atoms with Crippen molar-refractivity contribution in [3.8, 4) is 11.5 Å². The lowest BCUT2D eigenvalue weighted by molar-refractivity contribution is 0.170. The summed E-state index contributed by atoms with van der Waals surface area (Å²) in [5.74, 6) is 1.50. The van der Waals surface area contributed by atoms with E-state index in [-0.39, 0.29) is 5.56 Å². The highest BCUT2D eigenvalue weighted by Gasteiger charge is 2.23. The fraction of sp³-hybridized carbons (Fsp3) is 0.458. The number of ether oxygens (including phenoxy) is 2. The third-order valence-corrected chi connectivity index (χ3v) is 6.84. The lowest BCUT2D eigenvalue weighted by Crippen LogP contribution is -2.44. The van der Waals surface area contributed by atoms with Crippen LogP contribution in [0.25, 0.3) is 10.9 Å². The van der Waals surface area contributed by atoms with Gasteiger partial charge in [-0.1, -0.05) is 11.2 Å². The number of piperidine rings is 1. The van der Waals surface area contributed by atoms with E-state index in [9.17, 15) is 4.79 Å². The molecule has 3 aliphatic rings. The van der Waals surface area contributed by atoms with E-state index in [1.165, 1.54) is 0 Å². The van der Waals surface area contributed by atoms with Crippen molar-refractivity contribution in [2.45, 2.75) is 38.4 Å². The minimum atomic E-state index is -0.0805. The van der Waals surface area contributed by atoms with Crippen LogP contribution in [-0.2, 0) is 19.5 Å². The minimum absolute atomic E-state index is 0.0805. The molecule has 0 unspecified atom stereocenters. The van der Waals surface area contributed by atoms with Gasteiger partial charge in [0, 0.05) is 43.9 Å². The van der Waals surface area contributed by atoms with Crippen LogP contribution < -0.4 is 25.7 Å². The molecule has 3 aromatic heterocycles. The van der Waals surface area contributed by atoms with Crippen LogP contribution in [0.3, 0.4) is 0 Å². The van der Waals surface area contributed by atoms with Gasteiger partial charge in [0.1, 0.15) is 19.5 Å². The van der Waals surface area contributed by atoms with Crippen molar-refractivity contribution >= 4 is 16.6 Å². The molecule has 1 saturated heterocycles. The van der Waals surface area contributed by atoms with Crippen molar-refractivity contribution < 1.29 is 14.0 Å². The molecule has 6 rings (SSSR count). The Balaban J connectivity index is 1.04. The molecule has 10 nitrogen and oxygen atoms in total. The third kappa shape index (κ3) is 4.03. The zero-order chi connectivity index (χ0) is 22.9. The van der Waals surface area contributed by atoms with Gasteiger partial charge in [0.25, 0.3) is 5.56 Å². The maximum Gasteiger partial charge on any atom is 0.281 e. The molecule has 34 heavy (non-hydrogen) atoms. The number of fused-ring (bicyclic) bond motifs is 4. The average molecular weight is 465 g/mol. The van der Waals surface area contributed by atoms with Crippen molar-refractivity contribution in [3.63, 3.8) is 0 Å². The molecule has 0 bridgehead atoms. The zero-order valence-electron chi connectivity index (χ0n) is 19.0. The summed E-state index contributed by atoms with van der Waals surface area (Å²) in [6.45, 7) is 5.32. The Hall–Kier alpha value is -3.37. The van der Waals surface area contributed by atoms with Crippen LogP contribution in [0.15, 0.2) is 40.1 Å². The summed E-state index contributed by atoms with van der Waals surface area (Å²) in [7, 11) is 0. The van der Waals surface area contributed by atoms with Gasteiger partial charge >= 0.3 is 0 Å². The van der Waals surface area contributed by atoms with Crippen molar-refractivity contribution in [2.24, 2.45) is 0 Å². The first kappa shape index (κ1) is 21.2. The SMILES string of the molecule is O=c1c2nocc2c2c(n1CCN1CCC(NCc3cc4c(cn3)OCCO4)CC1)CC=CN2. The minimum Gasteiger partial charge on any atom is -0.486 e. The first-order valence-electron chi connectivity index (χ1n) is 11.9. The molecule has 0 atom stereocenters. The lowest BCUT2D eigenvalue weighted by atomic mass is 10.0. The molecule has 3 aromatic rings. The highest BCUT2D eigenvalue weighted by atomic mass is 16.6. The van der Waals surface area contributed by atoms with Gasteiger partial charge in [0.2, 0.25) is 0 Å². The van der Waals surface area contributed by atoms with Gasteiger partial charge in [-0.15, -0.1) is 0 Å². The first-order chi connectivity index (χ1) is 16.8. The Kier molecular flexibility index (Phi) is 5.68. The van der Waals surface area contributed by atoms with Crippen LogP contribution in [0, 0.1) is 0 Å². The molecule has 0 spiro atoms. The predicted molar refractivity (Wildman–Crippen MR) is 126 cm³/mol. The topological polar surface area (TPSA) is 107 Å². The van der Waals surface area contributed by atoms with Crippen LogP contribution in [0.1, 0.15) is 24.2 Å². The van der Waals surface area contributed by atoms with Crippen molar-refractivity contribution in [1.82, 2.24) is 24.9 Å². The van der Waals surface area contributed by atoms with E-state index in [1.807, 2.05) is 22.9 Å². The first-order valence-corrected chi connectivity index (χ1v) is 11.9. The number of nitrogens with zero attached hydrogens (tertiary/aromatic N) is 4. The van der Waals surface area contributed by atoms with Gasteiger partial charge in [-0.05, 0) is 32.1 Å². The summed E-state index contributed by atoms with van der Waals surface area (Å²) in [6, 6.07) is 2.41. The van der Waals surface area contributed by atoms with E-state index in [1.54, 1.807) is 12.5 Å². The predicted octanol–water partition coefficient (Wildman–Crippen LogP) is 1.89. The van der Waals surface area contributed by atoms with E-state index in [0.29, 0.717) is 37.9 Å². The number of anilines is 1. The van der Waals surface area contributed by atoms with Crippen LogP contribution in [0.4, 0.5) is 5.69 Å². The molecule has 0 aliphatic carbocycles. The second-order valence-electron chi connectivity index (χ2n) is 8.92. The van der Waals surface area contributed by atoms with Gasteiger partial charge in [-0.3, -0.25) is 9.78 Å². The molecule has 0 radical (unpaired) electrons. The molecule has 1 fully saturated rings. The number of hydrogen-bond donors (Lipinski definition) is 2. The van der Waals surface area contributed by atoms with Gasteiger partial charge in [0.05, 0.1) is 23.0 Å². The molecule has 178 valence electrons. The second kappa shape index (κ2) is 9.11. The Labute approximate surface area is 196 Å². The van der Waals surface area contributed by atoms with E-state index < -0.39 is 0 Å². The van der Waals surface area contributed by atoms with E-state index in [4.69, 9.17) is 14.0 Å².